The molecule has 0 fully saturated rings. The number of carbonyl (C=O) groups is 1. The van der Waals surface area contributed by atoms with Gasteiger partial charge in [0.05, 0.1) is 26.2 Å². The molecule has 1 N–H and O–H groups in total. The van der Waals surface area contributed by atoms with Gasteiger partial charge in [0.25, 0.3) is 0 Å². The molecule has 7 heteroatoms. The third-order valence-corrected chi connectivity index (χ3v) is 6.27. The molecule has 0 spiro atoms. The minimum atomic E-state index is -0.0617. The average Bonchev–Trinajstić information content (AvgIpc) is 3.15. The predicted molar refractivity (Wildman–Crippen MR) is 98.6 cm³/mol. The van der Waals surface area contributed by atoms with Crippen LogP contribution < -0.4 is 5.32 Å². The summed E-state index contributed by atoms with van der Waals surface area (Å²) in [6.45, 7) is 0. The number of nitrogens with zero attached hydrogens (tertiary/aromatic N) is 2. The summed E-state index contributed by atoms with van der Waals surface area (Å²) in [6.07, 6.45) is 0. The van der Waals surface area contributed by atoms with Crippen LogP contribution in [0.25, 0.3) is 20.4 Å². The second kappa shape index (κ2) is 6.27. The van der Waals surface area contributed by atoms with Crippen LogP contribution in [-0.2, 0) is 4.79 Å². The number of anilines is 1. The third-order valence-electron chi connectivity index (χ3n) is 3.14. The van der Waals surface area contributed by atoms with Crippen LogP contribution in [0.5, 0.6) is 0 Å². The summed E-state index contributed by atoms with van der Waals surface area (Å²) in [5.41, 5.74) is 1.89. The summed E-state index contributed by atoms with van der Waals surface area (Å²) in [5, 5.41) is 3.50. The van der Waals surface area contributed by atoms with Gasteiger partial charge in [-0.2, -0.15) is 0 Å². The number of carbonyl (C=O) groups excluding carboxylic acids is 1. The Morgan fingerprint density at radius 2 is 1.61 bits per heavy atom. The normalized spacial score (nSPS) is 11.1. The van der Waals surface area contributed by atoms with Crippen LogP contribution in [0.4, 0.5) is 5.13 Å². The second-order valence-electron chi connectivity index (χ2n) is 4.77. The van der Waals surface area contributed by atoms with E-state index in [1.165, 1.54) is 23.1 Å². The van der Waals surface area contributed by atoms with E-state index in [0.717, 1.165) is 24.8 Å². The molecular weight excluding hydrogens is 346 g/mol. The van der Waals surface area contributed by atoms with E-state index in [0.29, 0.717) is 10.9 Å². The third kappa shape index (κ3) is 3.21. The van der Waals surface area contributed by atoms with Crippen LogP contribution in [0.1, 0.15) is 0 Å². The molecule has 0 saturated heterocycles. The molecule has 2 aromatic heterocycles. The maximum absolute atomic E-state index is 12.1. The lowest BCUT2D eigenvalue weighted by Gasteiger charge is -1.99. The van der Waals surface area contributed by atoms with Gasteiger partial charge in [0.15, 0.2) is 9.47 Å². The lowest BCUT2D eigenvalue weighted by atomic mass is 10.3. The standard InChI is InChI=1S/C16H11N3OS3/c20-14(19-15-17-10-5-1-3-7-12(10)22-15)9-21-16-18-11-6-2-4-8-13(11)23-16/h1-8H,9H2,(H,17,19,20). The second-order valence-corrected chi connectivity index (χ2v) is 8.05. The first-order valence-electron chi connectivity index (χ1n) is 6.92. The highest BCUT2D eigenvalue weighted by molar-refractivity contribution is 8.01. The molecule has 4 aromatic rings. The van der Waals surface area contributed by atoms with Crippen LogP contribution in [0.3, 0.4) is 0 Å². The molecule has 2 heterocycles. The number of benzene rings is 2. The van der Waals surface area contributed by atoms with Gasteiger partial charge < -0.3 is 5.32 Å². The first-order valence-corrected chi connectivity index (χ1v) is 9.53. The molecule has 4 nitrogen and oxygen atoms in total. The summed E-state index contributed by atoms with van der Waals surface area (Å²) in [4.78, 5) is 21.0. The molecule has 23 heavy (non-hydrogen) atoms. The Labute approximate surface area is 144 Å². The molecule has 0 bridgehead atoms. The number of amides is 1. The van der Waals surface area contributed by atoms with Crippen molar-refractivity contribution in [2.24, 2.45) is 0 Å². The van der Waals surface area contributed by atoms with E-state index in [-0.39, 0.29) is 5.91 Å². The predicted octanol–water partition coefficient (Wildman–Crippen LogP) is 4.64. The highest BCUT2D eigenvalue weighted by Gasteiger charge is 2.10. The Bertz CT molecular complexity index is 926. The minimum Gasteiger partial charge on any atom is -0.301 e. The van der Waals surface area contributed by atoms with Gasteiger partial charge in [0.1, 0.15) is 0 Å². The summed E-state index contributed by atoms with van der Waals surface area (Å²) < 4.78 is 3.12. The fourth-order valence-electron chi connectivity index (χ4n) is 2.12. The van der Waals surface area contributed by atoms with Gasteiger partial charge in [-0.25, -0.2) is 9.97 Å². The van der Waals surface area contributed by atoms with Gasteiger partial charge in [-0.3, -0.25) is 4.79 Å². The zero-order chi connectivity index (χ0) is 15.6. The first-order chi connectivity index (χ1) is 11.3. The van der Waals surface area contributed by atoms with Crippen molar-refractivity contribution in [3.05, 3.63) is 48.5 Å². The maximum atomic E-state index is 12.1. The molecular formula is C16H11N3OS3. The van der Waals surface area contributed by atoms with E-state index in [4.69, 9.17) is 0 Å². The number of hydrogen-bond acceptors (Lipinski definition) is 6. The smallest absolute Gasteiger partial charge is 0.236 e. The van der Waals surface area contributed by atoms with E-state index >= 15 is 0 Å². The van der Waals surface area contributed by atoms with E-state index in [2.05, 4.69) is 15.3 Å². The van der Waals surface area contributed by atoms with Crippen LogP contribution in [0, 0.1) is 0 Å². The molecule has 1 amide bonds. The minimum absolute atomic E-state index is 0.0617. The molecule has 4 rings (SSSR count). The molecule has 0 saturated carbocycles. The number of nitrogens with one attached hydrogen (secondary N) is 1. The number of hydrogen-bond donors (Lipinski definition) is 1. The Kier molecular flexibility index (Phi) is 3.99. The van der Waals surface area contributed by atoms with E-state index in [1.807, 2.05) is 48.5 Å². The fraction of sp³-hybridized carbons (Fsp3) is 0.0625. The van der Waals surface area contributed by atoms with Crippen LogP contribution in [0.15, 0.2) is 52.9 Å². The number of para-hydroxylation sites is 2. The summed E-state index contributed by atoms with van der Waals surface area (Å²) in [7, 11) is 0. The lowest BCUT2D eigenvalue weighted by Crippen LogP contribution is -2.13. The summed E-state index contributed by atoms with van der Waals surface area (Å²) in [6, 6.07) is 15.8. The molecule has 0 radical (unpaired) electrons. The van der Waals surface area contributed by atoms with Gasteiger partial charge in [0.2, 0.25) is 5.91 Å². The zero-order valence-electron chi connectivity index (χ0n) is 11.9. The maximum Gasteiger partial charge on any atom is 0.236 e. The monoisotopic (exact) mass is 357 g/mol. The van der Waals surface area contributed by atoms with Crippen molar-refractivity contribution in [1.29, 1.82) is 0 Å². The molecule has 114 valence electrons. The zero-order valence-corrected chi connectivity index (χ0v) is 14.3. The summed E-state index contributed by atoms with van der Waals surface area (Å²) >= 11 is 4.55. The number of rotatable bonds is 4. The van der Waals surface area contributed by atoms with Crippen LogP contribution >= 0.6 is 34.4 Å². The van der Waals surface area contributed by atoms with Crippen molar-refractivity contribution in [1.82, 2.24) is 9.97 Å². The number of fused-ring (bicyclic) bond motifs is 2. The van der Waals surface area contributed by atoms with Crippen molar-refractivity contribution in [2.75, 3.05) is 11.1 Å². The molecule has 0 unspecified atom stereocenters. The van der Waals surface area contributed by atoms with Gasteiger partial charge in [-0.05, 0) is 24.3 Å². The highest BCUT2D eigenvalue weighted by Crippen LogP contribution is 2.30. The lowest BCUT2D eigenvalue weighted by molar-refractivity contribution is -0.113. The van der Waals surface area contributed by atoms with Gasteiger partial charge >= 0.3 is 0 Å². The van der Waals surface area contributed by atoms with Crippen molar-refractivity contribution in [2.45, 2.75) is 4.34 Å². The fourth-order valence-corrected chi connectivity index (χ4v) is 4.87. The molecule has 0 aliphatic rings. The van der Waals surface area contributed by atoms with Crippen LogP contribution in [0.2, 0.25) is 0 Å². The van der Waals surface area contributed by atoms with Gasteiger partial charge in [-0.1, -0.05) is 47.4 Å². The van der Waals surface area contributed by atoms with Gasteiger partial charge in [0, 0.05) is 0 Å². The topological polar surface area (TPSA) is 54.9 Å². The summed E-state index contributed by atoms with van der Waals surface area (Å²) in [5.74, 6) is 0.267. The van der Waals surface area contributed by atoms with Crippen molar-refractivity contribution in [3.63, 3.8) is 0 Å². The number of thioether (sulfide) groups is 1. The van der Waals surface area contributed by atoms with E-state index < -0.39 is 0 Å². The Balaban J connectivity index is 1.41. The SMILES string of the molecule is O=C(CSc1nc2ccccc2s1)Nc1nc2ccccc2s1. The van der Waals surface area contributed by atoms with E-state index in [1.54, 1.807) is 11.3 Å². The Hall–Kier alpha value is -1.96. The first kappa shape index (κ1) is 14.6. The number of thiazole rings is 2. The molecule has 0 aliphatic carbocycles. The van der Waals surface area contributed by atoms with Crippen molar-refractivity contribution < 1.29 is 4.79 Å². The molecule has 0 aliphatic heterocycles. The highest BCUT2D eigenvalue weighted by atomic mass is 32.2. The Morgan fingerprint density at radius 1 is 0.957 bits per heavy atom. The average molecular weight is 357 g/mol. The molecule has 0 atom stereocenters. The molecule has 2 aromatic carbocycles. The van der Waals surface area contributed by atoms with Crippen molar-refractivity contribution in [3.8, 4) is 0 Å². The largest absolute Gasteiger partial charge is 0.301 e. The van der Waals surface area contributed by atoms with Crippen LogP contribution in [-0.4, -0.2) is 21.6 Å². The Morgan fingerprint density at radius 3 is 2.30 bits per heavy atom. The van der Waals surface area contributed by atoms with Gasteiger partial charge in [-0.15, -0.1) is 11.3 Å². The van der Waals surface area contributed by atoms with Crippen molar-refractivity contribution >= 4 is 65.9 Å². The quantitative estimate of drug-likeness (QED) is 0.541. The number of aromatic nitrogens is 2. The van der Waals surface area contributed by atoms with E-state index in [9.17, 15) is 4.79 Å².